The van der Waals surface area contributed by atoms with Crippen molar-refractivity contribution >= 4 is 0 Å². The first-order chi connectivity index (χ1) is 9.11. The van der Waals surface area contributed by atoms with Crippen LogP contribution in [0.4, 0.5) is 0 Å². The van der Waals surface area contributed by atoms with E-state index in [1.54, 1.807) is 7.11 Å². The molecule has 0 aromatic heterocycles. The number of aryl methyl sites for hydroxylation is 1. The first-order valence-electron chi connectivity index (χ1n) is 6.78. The quantitative estimate of drug-likeness (QED) is 0.753. The van der Waals surface area contributed by atoms with Crippen molar-refractivity contribution in [2.75, 3.05) is 20.3 Å². The maximum Gasteiger partial charge on any atom is 0.119 e. The number of aliphatic hydroxyl groups excluding tert-OH is 2. The Hall–Kier alpha value is -1.10. The SMILES string of the molecule is COc1ccc2c(c1)CCCC2NC(C)(CO)CO. The highest BCUT2D eigenvalue weighted by Gasteiger charge is 2.29. The summed E-state index contributed by atoms with van der Waals surface area (Å²) in [6, 6.07) is 6.31. The van der Waals surface area contributed by atoms with Gasteiger partial charge >= 0.3 is 0 Å². The zero-order valence-corrected chi connectivity index (χ0v) is 11.6. The van der Waals surface area contributed by atoms with Crippen LogP contribution >= 0.6 is 0 Å². The van der Waals surface area contributed by atoms with Crippen LogP contribution in [0.5, 0.6) is 5.75 Å². The Morgan fingerprint density at radius 1 is 1.37 bits per heavy atom. The Balaban J connectivity index is 2.22. The standard InChI is InChI=1S/C15H23NO3/c1-15(9-17,10-18)16-14-5-3-4-11-8-12(19-2)6-7-13(11)14/h6-8,14,16-18H,3-5,9-10H2,1-2H3. The lowest BCUT2D eigenvalue weighted by atomic mass is 9.86. The maximum atomic E-state index is 9.40. The Kier molecular flexibility index (Phi) is 4.45. The molecule has 0 fully saturated rings. The van der Waals surface area contributed by atoms with Crippen LogP contribution in [0.25, 0.3) is 0 Å². The van der Waals surface area contributed by atoms with E-state index in [1.165, 1.54) is 11.1 Å². The molecule has 106 valence electrons. The number of hydrogen-bond donors (Lipinski definition) is 3. The van der Waals surface area contributed by atoms with Gasteiger partial charge in [-0.05, 0) is 49.4 Å². The van der Waals surface area contributed by atoms with Gasteiger partial charge in [0, 0.05) is 6.04 Å². The summed E-state index contributed by atoms with van der Waals surface area (Å²) in [6.45, 7) is 1.68. The van der Waals surface area contributed by atoms with Gasteiger partial charge in [-0.15, -0.1) is 0 Å². The lowest BCUT2D eigenvalue weighted by molar-refractivity contribution is 0.0914. The summed E-state index contributed by atoms with van der Waals surface area (Å²) in [5.41, 5.74) is 1.90. The fraction of sp³-hybridized carbons (Fsp3) is 0.600. The Morgan fingerprint density at radius 2 is 2.11 bits per heavy atom. The number of rotatable bonds is 5. The molecule has 4 nitrogen and oxygen atoms in total. The molecule has 0 bridgehead atoms. The highest BCUT2D eigenvalue weighted by molar-refractivity contribution is 5.39. The van der Waals surface area contributed by atoms with Gasteiger partial charge < -0.3 is 20.3 Å². The molecule has 0 radical (unpaired) electrons. The van der Waals surface area contributed by atoms with E-state index in [1.807, 2.05) is 13.0 Å². The van der Waals surface area contributed by atoms with E-state index >= 15 is 0 Å². The summed E-state index contributed by atoms with van der Waals surface area (Å²) in [5.74, 6) is 0.881. The van der Waals surface area contributed by atoms with Crippen LogP contribution in [0.15, 0.2) is 18.2 Å². The molecule has 0 saturated heterocycles. The van der Waals surface area contributed by atoms with Gasteiger partial charge in [0.2, 0.25) is 0 Å². The second kappa shape index (κ2) is 5.90. The second-order valence-electron chi connectivity index (χ2n) is 5.53. The highest BCUT2D eigenvalue weighted by Crippen LogP contribution is 2.33. The third-order valence-electron chi connectivity index (χ3n) is 3.89. The third kappa shape index (κ3) is 3.08. The molecule has 0 amide bonds. The summed E-state index contributed by atoms with van der Waals surface area (Å²) in [6.07, 6.45) is 3.18. The summed E-state index contributed by atoms with van der Waals surface area (Å²) in [7, 11) is 1.68. The predicted molar refractivity (Wildman–Crippen MR) is 74.4 cm³/mol. The number of fused-ring (bicyclic) bond motifs is 1. The Morgan fingerprint density at radius 3 is 2.74 bits per heavy atom. The summed E-state index contributed by atoms with van der Waals surface area (Å²) in [5, 5.41) is 22.2. The number of nitrogens with one attached hydrogen (secondary N) is 1. The normalized spacial score (nSPS) is 19.1. The fourth-order valence-corrected chi connectivity index (χ4v) is 2.63. The van der Waals surface area contributed by atoms with Crippen LogP contribution in [-0.2, 0) is 6.42 Å². The van der Waals surface area contributed by atoms with Crippen molar-refractivity contribution in [1.82, 2.24) is 5.32 Å². The summed E-state index contributed by atoms with van der Waals surface area (Å²) in [4.78, 5) is 0. The van der Waals surface area contributed by atoms with Gasteiger partial charge in [0.1, 0.15) is 5.75 Å². The molecular weight excluding hydrogens is 242 g/mol. The lowest BCUT2D eigenvalue weighted by Gasteiger charge is -2.35. The average Bonchev–Trinajstić information content (AvgIpc) is 2.46. The number of methoxy groups -OCH3 is 1. The minimum atomic E-state index is -0.640. The molecule has 4 heteroatoms. The molecule has 0 spiro atoms. The molecule has 1 aliphatic carbocycles. The van der Waals surface area contributed by atoms with E-state index in [2.05, 4.69) is 17.4 Å². The first-order valence-corrected chi connectivity index (χ1v) is 6.78. The number of ether oxygens (including phenoxy) is 1. The van der Waals surface area contributed by atoms with E-state index in [0.29, 0.717) is 0 Å². The van der Waals surface area contributed by atoms with Crippen molar-refractivity contribution in [3.05, 3.63) is 29.3 Å². The molecule has 1 aliphatic rings. The molecule has 1 atom stereocenters. The summed E-state index contributed by atoms with van der Waals surface area (Å²) < 4.78 is 5.26. The van der Waals surface area contributed by atoms with Crippen molar-refractivity contribution in [1.29, 1.82) is 0 Å². The molecule has 2 rings (SSSR count). The average molecular weight is 265 g/mol. The lowest BCUT2D eigenvalue weighted by Crippen LogP contribution is -2.51. The minimum absolute atomic E-state index is 0.0779. The first kappa shape index (κ1) is 14.3. The number of benzene rings is 1. The molecule has 1 aromatic rings. The highest BCUT2D eigenvalue weighted by atomic mass is 16.5. The molecule has 1 unspecified atom stereocenters. The molecule has 1 aromatic carbocycles. The van der Waals surface area contributed by atoms with Crippen molar-refractivity contribution in [3.63, 3.8) is 0 Å². The maximum absolute atomic E-state index is 9.40. The van der Waals surface area contributed by atoms with Crippen LogP contribution in [0, 0.1) is 0 Å². The number of hydrogen-bond acceptors (Lipinski definition) is 4. The second-order valence-corrected chi connectivity index (χ2v) is 5.53. The fourth-order valence-electron chi connectivity index (χ4n) is 2.63. The molecule has 0 heterocycles. The predicted octanol–water partition coefficient (Wildman–Crippen LogP) is 1.41. The van der Waals surface area contributed by atoms with Gasteiger partial charge in [0.15, 0.2) is 0 Å². The molecule has 0 saturated carbocycles. The van der Waals surface area contributed by atoms with E-state index < -0.39 is 5.54 Å². The van der Waals surface area contributed by atoms with Crippen molar-refractivity contribution in [2.45, 2.75) is 37.8 Å². The van der Waals surface area contributed by atoms with Crippen molar-refractivity contribution in [2.24, 2.45) is 0 Å². The van der Waals surface area contributed by atoms with Gasteiger partial charge in [0.25, 0.3) is 0 Å². The third-order valence-corrected chi connectivity index (χ3v) is 3.89. The van der Waals surface area contributed by atoms with Crippen LogP contribution < -0.4 is 10.1 Å². The zero-order valence-electron chi connectivity index (χ0n) is 11.6. The molecular formula is C15H23NO3. The molecule has 0 aliphatic heterocycles. The monoisotopic (exact) mass is 265 g/mol. The van der Waals surface area contributed by atoms with E-state index in [9.17, 15) is 10.2 Å². The smallest absolute Gasteiger partial charge is 0.119 e. The topological polar surface area (TPSA) is 61.7 Å². The minimum Gasteiger partial charge on any atom is -0.497 e. The van der Waals surface area contributed by atoms with Crippen LogP contribution in [0.2, 0.25) is 0 Å². The van der Waals surface area contributed by atoms with Crippen LogP contribution in [0.3, 0.4) is 0 Å². The van der Waals surface area contributed by atoms with Gasteiger partial charge in [-0.3, -0.25) is 0 Å². The van der Waals surface area contributed by atoms with Crippen LogP contribution in [-0.4, -0.2) is 36.1 Å². The largest absolute Gasteiger partial charge is 0.497 e. The van der Waals surface area contributed by atoms with Gasteiger partial charge in [0.05, 0.1) is 25.9 Å². The Bertz CT molecular complexity index is 429. The van der Waals surface area contributed by atoms with Gasteiger partial charge in [-0.2, -0.15) is 0 Å². The van der Waals surface area contributed by atoms with E-state index in [4.69, 9.17) is 4.74 Å². The van der Waals surface area contributed by atoms with Crippen molar-refractivity contribution < 1.29 is 14.9 Å². The van der Waals surface area contributed by atoms with Crippen molar-refractivity contribution in [3.8, 4) is 5.75 Å². The summed E-state index contributed by atoms with van der Waals surface area (Å²) >= 11 is 0. The zero-order chi connectivity index (χ0) is 13.9. The molecule has 19 heavy (non-hydrogen) atoms. The van der Waals surface area contributed by atoms with Gasteiger partial charge in [-0.1, -0.05) is 6.07 Å². The molecule has 3 N–H and O–H groups in total. The van der Waals surface area contributed by atoms with Gasteiger partial charge in [-0.25, -0.2) is 0 Å². The number of aliphatic hydroxyl groups is 2. The van der Waals surface area contributed by atoms with Crippen LogP contribution in [0.1, 0.15) is 36.9 Å². The van der Waals surface area contributed by atoms with E-state index in [0.717, 1.165) is 25.0 Å². The van der Waals surface area contributed by atoms with E-state index in [-0.39, 0.29) is 19.3 Å². The Labute approximate surface area is 114 Å².